The second kappa shape index (κ2) is 16.1. The molecule has 0 aliphatic heterocycles. The van der Waals surface area contributed by atoms with E-state index in [9.17, 15) is 4.79 Å². The highest BCUT2D eigenvalue weighted by Gasteiger charge is 2.18. The van der Waals surface area contributed by atoms with E-state index in [1.807, 2.05) is 26.0 Å². The number of aromatic nitrogens is 3. The third-order valence-corrected chi connectivity index (χ3v) is 6.28. The Morgan fingerprint density at radius 1 is 1.00 bits per heavy atom. The van der Waals surface area contributed by atoms with Crippen molar-refractivity contribution in [1.29, 1.82) is 0 Å². The molecule has 11 nitrogen and oxygen atoms in total. The third-order valence-electron chi connectivity index (χ3n) is 6.28. The predicted octanol–water partition coefficient (Wildman–Crippen LogP) is 3.40. The number of ether oxygens (including phenoxy) is 2. The van der Waals surface area contributed by atoms with E-state index in [-0.39, 0.29) is 11.9 Å². The van der Waals surface area contributed by atoms with E-state index in [0.29, 0.717) is 74.5 Å². The molecular formula is C27H44N8O3. The number of carbonyl (C=O) groups is 1. The summed E-state index contributed by atoms with van der Waals surface area (Å²) in [5.74, 6) is 2.71. The summed E-state index contributed by atoms with van der Waals surface area (Å²) in [5, 5.41) is 12.8. The number of benzene rings is 1. The number of rotatable bonds is 16. The molecule has 1 aromatic carbocycles. The van der Waals surface area contributed by atoms with Crippen LogP contribution in [-0.2, 0) is 9.47 Å². The molecule has 11 heteroatoms. The van der Waals surface area contributed by atoms with Crippen molar-refractivity contribution in [1.82, 2.24) is 20.3 Å². The average molecular weight is 529 g/mol. The van der Waals surface area contributed by atoms with Gasteiger partial charge < -0.3 is 36.5 Å². The normalized spacial score (nSPS) is 17.3. The van der Waals surface area contributed by atoms with Crippen LogP contribution in [0.15, 0.2) is 24.3 Å². The van der Waals surface area contributed by atoms with Crippen LogP contribution in [0.2, 0.25) is 0 Å². The fraction of sp³-hybridized carbons (Fsp3) is 0.630. The highest BCUT2D eigenvalue weighted by molar-refractivity contribution is 5.95. The Hall–Kier alpha value is -3.02. The van der Waals surface area contributed by atoms with Crippen molar-refractivity contribution >= 4 is 29.4 Å². The van der Waals surface area contributed by atoms with E-state index in [1.54, 1.807) is 12.1 Å². The van der Waals surface area contributed by atoms with Gasteiger partial charge in [-0.05, 0) is 56.7 Å². The molecule has 2 aromatic rings. The van der Waals surface area contributed by atoms with Crippen LogP contribution in [0, 0.1) is 11.8 Å². The standard InChI is InChI=1S/C27H44N8O3/c1-19(2)31-26-33-25(30-18-21-9-7-20(3)8-10-21)34-27(35-26)32-23-6-4-5-22(17-23)24(36)29-12-14-38-16-15-37-13-11-28/h4-6,17,19-21H,7-16,18,28H2,1-3H3,(H,29,36)(H3,30,31,32,33,34,35). The monoisotopic (exact) mass is 528 g/mol. The summed E-state index contributed by atoms with van der Waals surface area (Å²) < 4.78 is 10.7. The van der Waals surface area contributed by atoms with Gasteiger partial charge in [0.2, 0.25) is 17.8 Å². The minimum atomic E-state index is -0.182. The van der Waals surface area contributed by atoms with Gasteiger partial charge in [0.05, 0.1) is 26.4 Å². The van der Waals surface area contributed by atoms with Gasteiger partial charge >= 0.3 is 0 Å². The van der Waals surface area contributed by atoms with Crippen molar-refractivity contribution in [3.63, 3.8) is 0 Å². The molecule has 0 unspecified atom stereocenters. The van der Waals surface area contributed by atoms with Gasteiger partial charge in [-0.3, -0.25) is 4.79 Å². The molecule has 0 atom stereocenters. The number of amides is 1. The molecule has 0 saturated heterocycles. The maximum atomic E-state index is 12.6. The Balaban J connectivity index is 1.56. The summed E-state index contributed by atoms with van der Waals surface area (Å²) in [6.07, 6.45) is 5.01. The Kier molecular flexibility index (Phi) is 12.5. The van der Waals surface area contributed by atoms with E-state index < -0.39 is 0 Å². The average Bonchev–Trinajstić information content (AvgIpc) is 2.89. The molecule has 1 aliphatic rings. The first kappa shape index (κ1) is 29.5. The van der Waals surface area contributed by atoms with Gasteiger partial charge in [-0.2, -0.15) is 15.0 Å². The summed E-state index contributed by atoms with van der Waals surface area (Å²) in [6, 6.07) is 7.40. The first-order chi connectivity index (χ1) is 18.4. The zero-order valence-electron chi connectivity index (χ0n) is 23.0. The van der Waals surface area contributed by atoms with Crippen LogP contribution in [0.1, 0.15) is 56.8 Å². The maximum absolute atomic E-state index is 12.6. The highest BCUT2D eigenvalue weighted by Crippen LogP contribution is 2.28. The Morgan fingerprint density at radius 2 is 1.71 bits per heavy atom. The first-order valence-electron chi connectivity index (χ1n) is 13.7. The predicted molar refractivity (Wildman–Crippen MR) is 151 cm³/mol. The minimum absolute atomic E-state index is 0.174. The molecule has 0 radical (unpaired) electrons. The van der Waals surface area contributed by atoms with Crippen LogP contribution in [0.25, 0.3) is 0 Å². The third kappa shape index (κ3) is 10.8. The van der Waals surface area contributed by atoms with E-state index in [2.05, 4.69) is 43.1 Å². The summed E-state index contributed by atoms with van der Waals surface area (Å²) in [7, 11) is 0. The fourth-order valence-corrected chi connectivity index (χ4v) is 4.21. The molecule has 1 aliphatic carbocycles. The number of anilines is 4. The molecule has 1 saturated carbocycles. The largest absolute Gasteiger partial charge is 0.378 e. The lowest BCUT2D eigenvalue weighted by Crippen LogP contribution is -2.27. The molecular weight excluding hydrogens is 484 g/mol. The van der Waals surface area contributed by atoms with Gasteiger partial charge in [0.15, 0.2) is 0 Å². The molecule has 6 N–H and O–H groups in total. The lowest BCUT2D eigenvalue weighted by atomic mass is 9.83. The van der Waals surface area contributed by atoms with Crippen molar-refractivity contribution < 1.29 is 14.3 Å². The molecule has 38 heavy (non-hydrogen) atoms. The lowest BCUT2D eigenvalue weighted by molar-refractivity contribution is 0.0511. The Labute approximate surface area is 226 Å². The molecule has 1 fully saturated rings. The van der Waals surface area contributed by atoms with Crippen LogP contribution in [0.5, 0.6) is 0 Å². The SMILES string of the molecule is CC1CCC(CNc2nc(Nc3cccc(C(=O)NCCOCCOCCN)c3)nc(NC(C)C)n2)CC1. The Morgan fingerprint density at radius 3 is 2.45 bits per heavy atom. The lowest BCUT2D eigenvalue weighted by Gasteiger charge is -2.26. The van der Waals surface area contributed by atoms with Gasteiger partial charge in [0, 0.05) is 36.9 Å². The second-order valence-electron chi connectivity index (χ2n) is 10.1. The minimum Gasteiger partial charge on any atom is -0.378 e. The molecule has 210 valence electrons. The second-order valence-corrected chi connectivity index (χ2v) is 10.1. The van der Waals surface area contributed by atoms with Gasteiger partial charge in [-0.25, -0.2) is 0 Å². The van der Waals surface area contributed by atoms with E-state index in [0.717, 1.165) is 12.5 Å². The van der Waals surface area contributed by atoms with Crippen molar-refractivity contribution in [2.75, 3.05) is 62.0 Å². The van der Waals surface area contributed by atoms with Crippen LogP contribution in [0.4, 0.5) is 23.5 Å². The quantitative estimate of drug-likeness (QED) is 0.205. The molecule has 1 heterocycles. The highest BCUT2D eigenvalue weighted by atomic mass is 16.5. The number of carbonyl (C=O) groups excluding carboxylic acids is 1. The van der Waals surface area contributed by atoms with Gasteiger partial charge in [0.25, 0.3) is 5.91 Å². The number of nitrogens with one attached hydrogen (secondary N) is 4. The smallest absolute Gasteiger partial charge is 0.251 e. The summed E-state index contributed by atoms with van der Waals surface area (Å²) >= 11 is 0. The van der Waals surface area contributed by atoms with Gasteiger partial charge in [0.1, 0.15) is 0 Å². The van der Waals surface area contributed by atoms with Crippen molar-refractivity contribution in [3.05, 3.63) is 29.8 Å². The summed E-state index contributed by atoms with van der Waals surface area (Å²) in [4.78, 5) is 26.3. The molecule has 0 spiro atoms. The van der Waals surface area contributed by atoms with Crippen LogP contribution in [0.3, 0.4) is 0 Å². The van der Waals surface area contributed by atoms with Gasteiger partial charge in [-0.1, -0.05) is 25.8 Å². The van der Waals surface area contributed by atoms with Crippen molar-refractivity contribution in [3.8, 4) is 0 Å². The van der Waals surface area contributed by atoms with Crippen LogP contribution in [-0.4, -0.2) is 73.0 Å². The number of nitrogens with two attached hydrogens (primary N) is 1. The topological polar surface area (TPSA) is 148 Å². The maximum Gasteiger partial charge on any atom is 0.251 e. The number of nitrogens with zero attached hydrogens (tertiary/aromatic N) is 3. The van der Waals surface area contributed by atoms with Crippen molar-refractivity contribution in [2.45, 2.75) is 52.5 Å². The van der Waals surface area contributed by atoms with E-state index in [4.69, 9.17) is 15.2 Å². The van der Waals surface area contributed by atoms with Crippen LogP contribution < -0.4 is 27.0 Å². The molecule has 1 aromatic heterocycles. The van der Waals surface area contributed by atoms with E-state index >= 15 is 0 Å². The van der Waals surface area contributed by atoms with E-state index in [1.165, 1.54) is 25.7 Å². The van der Waals surface area contributed by atoms with Crippen molar-refractivity contribution in [2.24, 2.45) is 17.6 Å². The molecule has 1 amide bonds. The molecule has 3 rings (SSSR count). The van der Waals surface area contributed by atoms with Crippen LogP contribution >= 0.6 is 0 Å². The Bertz CT molecular complexity index is 983. The zero-order valence-corrected chi connectivity index (χ0v) is 23.0. The number of hydrogen-bond donors (Lipinski definition) is 5. The summed E-state index contributed by atoms with van der Waals surface area (Å²) in [6.45, 7) is 10.0. The fourth-order valence-electron chi connectivity index (χ4n) is 4.21. The van der Waals surface area contributed by atoms with Gasteiger partial charge in [-0.15, -0.1) is 0 Å². The molecule has 0 bridgehead atoms. The summed E-state index contributed by atoms with van der Waals surface area (Å²) in [5.41, 5.74) is 6.61. The number of hydrogen-bond acceptors (Lipinski definition) is 10. The zero-order chi connectivity index (χ0) is 27.2. The first-order valence-corrected chi connectivity index (χ1v) is 13.7.